The van der Waals surface area contributed by atoms with Gasteiger partial charge in [0.2, 0.25) is 0 Å². The van der Waals surface area contributed by atoms with E-state index in [0.29, 0.717) is 37.5 Å². The van der Waals surface area contributed by atoms with Gasteiger partial charge in [0, 0.05) is 31.8 Å². The van der Waals surface area contributed by atoms with Crippen LogP contribution in [0.15, 0.2) is 42.6 Å². The van der Waals surface area contributed by atoms with Crippen molar-refractivity contribution >= 4 is 11.7 Å². The van der Waals surface area contributed by atoms with Crippen molar-refractivity contribution in [3.05, 3.63) is 59.3 Å². The van der Waals surface area contributed by atoms with Crippen LogP contribution >= 0.6 is 0 Å². The van der Waals surface area contributed by atoms with Gasteiger partial charge in [-0.3, -0.25) is 4.79 Å². The van der Waals surface area contributed by atoms with Crippen molar-refractivity contribution in [2.75, 3.05) is 38.7 Å². The van der Waals surface area contributed by atoms with Crippen LogP contribution in [0.4, 0.5) is 5.82 Å². The fraction of sp³-hybridized carbons (Fsp3) is 0.400. The summed E-state index contributed by atoms with van der Waals surface area (Å²) in [5, 5.41) is 13.0. The summed E-state index contributed by atoms with van der Waals surface area (Å²) >= 11 is 0. The second-order valence-electron chi connectivity index (χ2n) is 6.76. The number of hydrogen-bond acceptors (Lipinski definition) is 5. The van der Waals surface area contributed by atoms with Crippen molar-refractivity contribution in [3.63, 3.8) is 0 Å². The number of aryl methyl sites for hydroxylation is 1. The van der Waals surface area contributed by atoms with Crippen LogP contribution < -0.4 is 5.32 Å². The predicted octanol–water partition coefficient (Wildman–Crippen LogP) is 1.88. The lowest BCUT2D eigenvalue weighted by Crippen LogP contribution is -2.56. The molecule has 3 rings (SSSR count). The molecule has 26 heavy (non-hydrogen) atoms. The standard InChI is InChI=1S/C20H25N3O3/c1-15-3-5-16(6-4-15)12-20(14-24)13-23(9-10-26-20)19(25)17-7-8-22-18(11-17)21-2/h3-8,11,24H,9-10,12-14H2,1-2H3,(H,21,22)/t20-/m1/s1. The topological polar surface area (TPSA) is 74.7 Å². The summed E-state index contributed by atoms with van der Waals surface area (Å²) in [5.74, 6) is 0.575. The zero-order valence-corrected chi connectivity index (χ0v) is 15.2. The van der Waals surface area contributed by atoms with Crippen molar-refractivity contribution < 1.29 is 14.6 Å². The molecule has 6 heteroatoms. The molecular formula is C20H25N3O3. The molecular weight excluding hydrogens is 330 g/mol. The number of aromatic nitrogens is 1. The minimum Gasteiger partial charge on any atom is -0.393 e. The highest BCUT2D eigenvalue weighted by molar-refractivity contribution is 5.95. The molecule has 1 aliphatic heterocycles. The van der Waals surface area contributed by atoms with E-state index < -0.39 is 5.60 Å². The highest BCUT2D eigenvalue weighted by Crippen LogP contribution is 2.24. The molecule has 1 fully saturated rings. The van der Waals surface area contributed by atoms with Crippen LogP contribution in [0.2, 0.25) is 0 Å². The summed E-state index contributed by atoms with van der Waals surface area (Å²) in [7, 11) is 1.77. The van der Waals surface area contributed by atoms with Crippen LogP contribution in [0.5, 0.6) is 0 Å². The fourth-order valence-electron chi connectivity index (χ4n) is 3.24. The summed E-state index contributed by atoms with van der Waals surface area (Å²) in [4.78, 5) is 18.8. The normalized spacial score (nSPS) is 20.0. The Balaban J connectivity index is 1.77. The molecule has 2 heterocycles. The Labute approximate surface area is 153 Å². The monoisotopic (exact) mass is 355 g/mol. The molecule has 138 valence electrons. The highest BCUT2D eigenvalue weighted by Gasteiger charge is 2.38. The third kappa shape index (κ3) is 4.03. The molecule has 2 N–H and O–H groups in total. The quantitative estimate of drug-likeness (QED) is 0.857. The maximum atomic E-state index is 12.9. The number of amides is 1. The Morgan fingerprint density at radius 1 is 1.35 bits per heavy atom. The number of carbonyl (C=O) groups is 1. The van der Waals surface area contributed by atoms with E-state index in [-0.39, 0.29) is 12.5 Å². The van der Waals surface area contributed by atoms with Gasteiger partial charge >= 0.3 is 0 Å². The van der Waals surface area contributed by atoms with Crippen LogP contribution in [0.3, 0.4) is 0 Å². The van der Waals surface area contributed by atoms with Gasteiger partial charge in [0.15, 0.2) is 0 Å². The summed E-state index contributed by atoms with van der Waals surface area (Å²) in [5.41, 5.74) is 2.07. The summed E-state index contributed by atoms with van der Waals surface area (Å²) in [6.45, 7) is 3.17. The minimum atomic E-state index is -0.776. The van der Waals surface area contributed by atoms with E-state index in [1.165, 1.54) is 5.56 Å². The number of nitrogens with zero attached hydrogens (tertiary/aromatic N) is 2. The number of pyridine rings is 1. The zero-order chi connectivity index (χ0) is 18.6. The Morgan fingerprint density at radius 2 is 2.12 bits per heavy atom. The second-order valence-corrected chi connectivity index (χ2v) is 6.76. The predicted molar refractivity (Wildman–Crippen MR) is 100 cm³/mol. The third-order valence-electron chi connectivity index (χ3n) is 4.73. The van der Waals surface area contributed by atoms with Gasteiger partial charge in [0.25, 0.3) is 5.91 Å². The first-order valence-electron chi connectivity index (χ1n) is 8.79. The smallest absolute Gasteiger partial charge is 0.254 e. The molecule has 6 nitrogen and oxygen atoms in total. The van der Waals surface area contributed by atoms with Gasteiger partial charge in [-0.2, -0.15) is 0 Å². The molecule has 1 aliphatic rings. The number of hydrogen-bond donors (Lipinski definition) is 2. The fourth-order valence-corrected chi connectivity index (χ4v) is 3.24. The Kier molecular flexibility index (Phi) is 5.54. The Hall–Kier alpha value is -2.44. The van der Waals surface area contributed by atoms with Crippen LogP contribution in [-0.4, -0.2) is 59.8 Å². The van der Waals surface area contributed by atoms with Crippen molar-refractivity contribution in [1.29, 1.82) is 0 Å². The van der Waals surface area contributed by atoms with Crippen LogP contribution in [0, 0.1) is 6.92 Å². The minimum absolute atomic E-state index is 0.0751. The number of rotatable bonds is 5. The first-order chi connectivity index (χ1) is 12.5. The molecule has 0 bridgehead atoms. The third-order valence-corrected chi connectivity index (χ3v) is 4.73. The number of ether oxygens (including phenoxy) is 1. The van der Waals surface area contributed by atoms with Gasteiger partial charge < -0.3 is 20.1 Å². The highest BCUT2D eigenvalue weighted by atomic mass is 16.5. The molecule has 1 aromatic carbocycles. The molecule has 1 saturated heterocycles. The van der Waals surface area contributed by atoms with Gasteiger partial charge in [-0.05, 0) is 24.6 Å². The van der Waals surface area contributed by atoms with Gasteiger partial charge in [-0.1, -0.05) is 29.8 Å². The van der Waals surface area contributed by atoms with Gasteiger partial charge in [-0.15, -0.1) is 0 Å². The van der Waals surface area contributed by atoms with Crippen molar-refractivity contribution in [2.45, 2.75) is 18.9 Å². The molecule has 0 saturated carbocycles. The molecule has 0 aliphatic carbocycles. The number of aliphatic hydroxyl groups is 1. The second kappa shape index (κ2) is 7.85. The van der Waals surface area contributed by atoms with Crippen LogP contribution in [-0.2, 0) is 11.2 Å². The number of aliphatic hydroxyl groups excluding tert-OH is 1. The zero-order valence-electron chi connectivity index (χ0n) is 15.2. The summed E-state index contributed by atoms with van der Waals surface area (Å²) in [6.07, 6.45) is 2.18. The number of morpholine rings is 1. The van der Waals surface area contributed by atoms with Crippen LogP contribution in [0.1, 0.15) is 21.5 Å². The van der Waals surface area contributed by atoms with Crippen molar-refractivity contribution in [2.24, 2.45) is 0 Å². The van der Waals surface area contributed by atoms with Crippen molar-refractivity contribution in [1.82, 2.24) is 9.88 Å². The van der Waals surface area contributed by atoms with E-state index in [2.05, 4.69) is 10.3 Å². The number of benzene rings is 1. The van der Waals surface area contributed by atoms with E-state index >= 15 is 0 Å². The molecule has 0 radical (unpaired) electrons. The Bertz CT molecular complexity index is 763. The van der Waals surface area contributed by atoms with E-state index in [9.17, 15) is 9.90 Å². The number of carbonyl (C=O) groups excluding carboxylic acids is 1. The first kappa shape index (κ1) is 18.4. The lowest BCUT2D eigenvalue weighted by atomic mass is 9.92. The SMILES string of the molecule is CNc1cc(C(=O)N2CCO[C@](CO)(Cc3ccc(C)cc3)C2)ccn1. The van der Waals surface area contributed by atoms with Crippen molar-refractivity contribution in [3.8, 4) is 0 Å². The van der Waals surface area contributed by atoms with E-state index in [0.717, 1.165) is 5.56 Å². The van der Waals surface area contributed by atoms with E-state index in [1.54, 1.807) is 30.3 Å². The van der Waals surface area contributed by atoms with Gasteiger partial charge in [0.05, 0.1) is 19.8 Å². The average Bonchev–Trinajstić information content (AvgIpc) is 2.69. The average molecular weight is 355 g/mol. The maximum Gasteiger partial charge on any atom is 0.254 e. The van der Waals surface area contributed by atoms with Crippen LogP contribution in [0.25, 0.3) is 0 Å². The maximum absolute atomic E-state index is 12.9. The lowest BCUT2D eigenvalue weighted by Gasteiger charge is -2.42. The van der Waals surface area contributed by atoms with E-state index in [1.807, 2.05) is 31.2 Å². The van der Waals surface area contributed by atoms with Gasteiger partial charge in [0.1, 0.15) is 11.4 Å². The largest absolute Gasteiger partial charge is 0.393 e. The molecule has 0 unspecified atom stereocenters. The molecule has 1 amide bonds. The lowest BCUT2D eigenvalue weighted by molar-refractivity contribution is -0.123. The molecule has 1 aromatic heterocycles. The van der Waals surface area contributed by atoms with E-state index in [4.69, 9.17) is 4.74 Å². The summed E-state index contributed by atoms with van der Waals surface area (Å²) < 4.78 is 5.94. The first-order valence-corrected chi connectivity index (χ1v) is 8.79. The summed E-state index contributed by atoms with van der Waals surface area (Å²) in [6, 6.07) is 11.6. The number of anilines is 1. The number of nitrogens with one attached hydrogen (secondary N) is 1. The molecule has 1 atom stereocenters. The Morgan fingerprint density at radius 3 is 2.81 bits per heavy atom. The molecule has 0 spiro atoms. The van der Waals surface area contributed by atoms with Gasteiger partial charge in [-0.25, -0.2) is 4.98 Å². The molecule has 2 aromatic rings.